The zero-order valence-electron chi connectivity index (χ0n) is 18.4. The van der Waals surface area contributed by atoms with Crippen molar-refractivity contribution in [2.75, 3.05) is 0 Å². The Bertz CT molecular complexity index is 1250. The van der Waals surface area contributed by atoms with Gasteiger partial charge >= 0.3 is 0 Å². The van der Waals surface area contributed by atoms with Crippen LogP contribution in [0.4, 0.5) is 0 Å². The SMILES string of the molecule is Cc1ccccc1C#Cc1ccc(C=Cc2ccc(C#Cc3ccccc3C)cc2)cc1. The standard InChI is InChI=1S/C32H24/c1-25-7-3-5-9-31(25)23-21-29-17-13-27(14-18-29)11-12-28-15-19-30(20-16-28)22-24-32-10-6-4-8-26(32)2/h3-20H,1-2H3. The van der Waals surface area contributed by atoms with Crippen LogP contribution in [0, 0.1) is 37.5 Å². The Balaban J connectivity index is 1.41. The van der Waals surface area contributed by atoms with Gasteiger partial charge in [-0.15, -0.1) is 0 Å². The summed E-state index contributed by atoms with van der Waals surface area (Å²) in [5, 5.41) is 0. The predicted octanol–water partition coefficient (Wildman–Crippen LogP) is 7.27. The van der Waals surface area contributed by atoms with Gasteiger partial charge in [0.15, 0.2) is 0 Å². The molecule has 0 saturated heterocycles. The van der Waals surface area contributed by atoms with E-state index in [1.54, 1.807) is 0 Å². The zero-order valence-corrected chi connectivity index (χ0v) is 18.4. The first-order valence-electron chi connectivity index (χ1n) is 10.7. The highest BCUT2D eigenvalue weighted by molar-refractivity contribution is 5.70. The molecule has 32 heavy (non-hydrogen) atoms. The van der Waals surface area contributed by atoms with Gasteiger partial charge in [0.1, 0.15) is 0 Å². The minimum Gasteiger partial charge on any atom is -0.0619 e. The molecule has 0 N–H and O–H groups in total. The lowest BCUT2D eigenvalue weighted by Crippen LogP contribution is -1.81. The highest BCUT2D eigenvalue weighted by atomic mass is 14.0. The Morgan fingerprint density at radius 3 is 1.19 bits per heavy atom. The first-order valence-corrected chi connectivity index (χ1v) is 10.7. The van der Waals surface area contributed by atoms with Crippen molar-refractivity contribution in [1.29, 1.82) is 0 Å². The number of hydrogen-bond acceptors (Lipinski definition) is 0. The van der Waals surface area contributed by atoms with Gasteiger partial charge in [-0.3, -0.25) is 0 Å². The molecular weight excluding hydrogens is 384 g/mol. The summed E-state index contributed by atoms with van der Waals surface area (Å²) in [6, 6.07) is 33.0. The van der Waals surface area contributed by atoms with E-state index in [-0.39, 0.29) is 0 Å². The third-order valence-corrected chi connectivity index (χ3v) is 5.26. The minimum absolute atomic E-state index is 1.02. The summed E-state index contributed by atoms with van der Waals surface area (Å²) >= 11 is 0. The monoisotopic (exact) mass is 408 g/mol. The van der Waals surface area contributed by atoms with E-state index < -0.39 is 0 Å². The molecule has 0 heterocycles. The lowest BCUT2D eigenvalue weighted by atomic mass is 10.1. The van der Waals surface area contributed by atoms with Crippen LogP contribution >= 0.6 is 0 Å². The van der Waals surface area contributed by atoms with Gasteiger partial charge in [0.25, 0.3) is 0 Å². The van der Waals surface area contributed by atoms with E-state index in [4.69, 9.17) is 0 Å². The van der Waals surface area contributed by atoms with Crippen LogP contribution in [0.15, 0.2) is 97.1 Å². The average molecular weight is 409 g/mol. The second-order valence-electron chi connectivity index (χ2n) is 7.71. The fraction of sp³-hybridized carbons (Fsp3) is 0.0625. The molecule has 0 fully saturated rings. The molecule has 0 bridgehead atoms. The Morgan fingerprint density at radius 1 is 0.438 bits per heavy atom. The molecule has 0 aliphatic rings. The molecule has 0 unspecified atom stereocenters. The van der Waals surface area contributed by atoms with E-state index in [2.05, 4.69) is 122 Å². The first kappa shape index (κ1) is 21.0. The van der Waals surface area contributed by atoms with Crippen LogP contribution in [-0.4, -0.2) is 0 Å². The molecule has 0 aliphatic carbocycles. The molecule has 4 aromatic rings. The van der Waals surface area contributed by atoms with Gasteiger partial charge in [0.05, 0.1) is 0 Å². The molecule has 4 aromatic carbocycles. The second kappa shape index (κ2) is 10.2. The topological polar surface area (TPSA) is 0 Å². The highest BCUT2D eigenvalue weighted by Crippen LogP contribution is 2.12. The summed E-state index contributed by atoms with van der Waals surface area (Å²) < 4.78 is 0. The van der Waals surface area contributed by atoms with Crippen molar-refractivity contribution in [3.63, 3.8) is 0 Å². The molecule has 0 radical (unpaired) electrons. The van der Waals surface area contributed by atoms with Crippen LogP contribution in [0.25, 0.3) is 12.2 Å². The number of rotatable bonds is 2. The highest BCUT2D eigenvalue weighted by Gasteiger charge is 1.94. The molecule has 0 spiro atoms. The molecule has 0 nitrogen and oxygen atoms in total. The van der Waals surface area contributed by atoms with Crippen LogP contribution in [0.3, 0.4) is 0 Å². The molecule has 0 aromatic heterocycles. The van der Waals surface area contributed by atoms with Gasteiger partial charge in [-0.2, -0.15) is 0 Å². The van der Waals surface area contributed by atoms with Gasteiger partial charge in [-0.1, -0.05) is 96.5 Å². The maximum absolute atomic E-state index is 3.26. The Hall–Kier alpha value is -4.26. The predicted molar refractivity (Wildman–Crippen MR) is 136 cm³/mol. The van der Waals surface area contributed by atoms with Crippen LogP contribution in [0.2, 0.25) is 0 Å². The van der Waals surface area contributed by atoms with Crippen LogP contribution in [0.5, 0.6) is 0 Å². The summed E-state index contributed by atoms with van der Waals surface area (Å²) in [7, 11) is 0. The van der Waals surface area contributed by atoms with Crippen LogP contribution in [0.1, 0.15) is 44.5 Å². The van der Waals surface area contributed by atoms with Gasteiger partial charge in [0.2, 0.25) is 0 Å². The van der Waals surface area contributed by atoms with E-state index in [0.29, 0.717) is 0 Å². The van der Waals surface area contributed by atoms with E-state index in [0.717, 1.165) is 33.4 Å². The van der Waals surface area contributed by atoms with Crippen molar-refractivity contribution >= 4 is 12.2 Å². The van der Waals surface area contributed by atoms with E-state index in [1.165, 1.54) is 11.1 Å². The normalized spacial score (nSPS) is 10.2. The smallest absolute Gasteiger partial charge is 0.0278 e. The lowest BCUT2D eigenvalue weighted by Gasteiger charge is -1.98. The van der Waals surface area contributed by atoms with Crippen molar-refractivity contribution in [3.05, 3.63) is 142 Å². The maximum atomic E-state index is 3.26. The summed E-state index contributed by atoms with van der Waals surface area (Å²) in [5.41, 5.74) is 8.87. The molecule has 0 amide bonds. The Labute approximate surface area is 191 Å². The van der Waals surface area contributed by atoms with Gasteiger partial charge < -0.3 is 0 Å². The zero-order chi connectivity index (χ0) is 22.2. The molecule has 4 rings (SSSR count). The number of hydrogen-bond donors (Lipinski definition) is 0. The fourth-order valence-electron chi connectivity index (χ4n) is 3.25. The fourth-order valence-corrected chi connectivity index (χ4v) is 3.25. The summed E-state index contributed by atoms with van der Waals surface area (Å²) in [4.78, 5) is 0. The van der Waals surface area contributed by atoms with Crippen molar-refractivity contribution in [2.24, 2.45) is 0 Å². The van der Waals surface area contributed by atoms with Crippen LogP contribution in [-0.2, 0) is 0 Å². The van der Waals surface area contributed by atoms with Crippen LogP contribution < -0.4 is 0 Å². The molecule has 0 atom stereocenters. The summed E-state index contributed by atoms with van der Waals surface area (Å²) in [6.45, 7) is 4.17. The van der Waals surface area contributed by atoms with Gasteiger partial charge in [-0.05, 0) is 72.5 Å². The molecule has 0 heteroatoms. The minimum atomic E-state index is 1.02. The van der Waals surface area contributed by atoms with Gasteiger partial charge in [-0.25, -0.2) is 0 Å². The van der Waals surface area contributed by atoms with E-state index in [9.17, 15) is 0 Å². The number of benzene rings is 4. The lowest BCUT2D eigenvalue weighted by molar-refractivity contribution is 1.44. The summed E-state index contributed by atoms with van der Waals surface area (Å²) in [5.74, 6) is 13.0. The maximum Gasteiger partial charge on any atom is 0.0278 e. The molecule has 0 saturated carbocycles. The molecule has 0 aliphatic heterocycles. The first-order chi connectivity index (χ1) is 15.7. The van der Waals surface area contributed by atoms with Crippen molar-refractivity contribution in [3.8, 4) is 23.7 Å². The summed E-state index contributed by atoms with van der Waals surface area (Å²) in [6.07, 6.45) is 4.24. The quantitative estimate of drug-likeness (QED) is 0.242. The van der Waals surface area contributed by atoms with Crippen molar-refractivity contribution in [1.82, 2.24) is 0 Å². The van der Waals surface area contributed by atoms with Crippen molar-refractivity contribution < 1.29 is 0 Å². The third kappa shape index (κ3) is 5.66. The van der Waals surface area contributed by atoms with Crippen molar-refractivity contribution in [2.45, 2.75) is 13.8 Å². The number of aryl methyl sites for hydroxylation is 2. The largest absolute Gasteiger partial charge is 0.0619 e. The molecule has 152 valence electrons. The second-order valence-corrected chi connectivity index (χ2v) is 7.71. The average Bonchev–Trinajstić information content (AvgIpc) is 2.83. The Kier molecular flexibility index (Phi) is 6.67. The Morgan fingerprint density at radius 2 is 0.812 bits per heavy atom. The van der Waals surface area contributed by atoms with Gasteiger partial charge in [0, 0.05) is 22.3 Å². The van der Waals surface area contributed by atoms with E-state index >= 15 is 0 Å². The third-order valence-electron chi connectivity index (χ3n) is 5.26. The molecular formula is C32H24. The van der Waals surface area contributed by atoms with E-state index in [1.807, 2.05) is 24.3 Å².